The zero-order valence-corrected chi connectivity index (χ0v) is 16.0. The molecule has 0 radical (unpaired) electrons. The predicted molar refractivity (Wildman–Crippen MR) is 103 cm³/mol. The van der Waals surface area contributed by atoms with E-state index in [2.05, 4.69) is 22.1 Å². The Morgan fingerprint density at radius 1 is 1.12 bits per heavy atom. The monoisotopic (exact) mass is 368 g/mol. The van der Waals surface area contributed by atoms with Crippen LogP contribution in [0.25, 0.3) is 0 Å². The summed E-state index contributed by atoms with van der Waals surface area (Å²) < 4.78 is 0. The van der Waals surface area contributed by atoms with Crippen LogP contribution in [0.5, 0.6) is 0 Å². The van der Waals surface area contributed by atoms with Crippen LogP contribution in [-0.2, 0) is 4.79 Å². The maximum absolute atomic E-state index is 12.6. The van der Waals surface area contributed by atoms with Crippen molar-refractivity contribution in [2.75, 3.05) is 7.05 Å². The second-order valence-corrected chi connectivity index (χ2v) is 8.40. The zero-order chi connectivity index (χ0) is 18.3. The Balaban J connectivity index is 1.24. The van der Waals surface area contributed by atoms with Gasteiger partial charge in [0.2, 0.25) is 5.91 Å². The molecule has 1 N–H and O–H groups in total. The van der Waals surface area contributed by atoms with Crippen LogP contribution < -0.4 is 5.32 Å². The van der Waals surface area contributed by atoms with Crippen LogP contribution in [0.1, 0.15) is 46.7 Å². The van der Waals surface area contributed by atoms with Crippen LogP contribution in [0.4, 0.5) is 0 Å². The highest BCUT2D eigenvalue weighted by Crippen LogP contribution is 2.48. The number of thiophene rings is 1. The third-order valence-corrected chi connectivity index (χ3v) is 6.43. The molecule has 136 valence electrons. The summed E-state index contributed by atoms with van der Waals surface area (Å²) in [7, 11) is 1.86. The minimum Gasteiger partial charge on any atom is -0.353 e. The normalized spacial score (nSPS) is 26.7. The Kier molecular flexibility index (Phi) is 4.57. The van der Waals surface area contributed by atoms with Crippen molar-refractivity contribution < 1.29 is 9.59 Å². The van der Waals surface area contributed by atoms with Crippen LogP contribution in [0, 0.1) is 12.8 Å². The first-order valence-electron chi connectivity index (χ1n) is 9.19. The average Bonchev–Trinajstić information content (AvgIpc) is 3.22. The van der Waals surface area contributed by atoms with E-state index in [1.807, 2.05) is 43.1 Å². The predicted octanol–water partition coefficient (Wildman–Crippen LogP) is 3.58. The fourth-order valence-electron chi connectivity index (χ4n) is 3.73. The third-order valence-electron chi connectivity index (χ3n) is 5.72. The lowest BCUT2D eigenvalue weighted by Gasteiger charge is -2.41. The minimum absolute atomic E-state index is 0.0551. The van der Waals surface area contributed by atoms with Crippen LogP contribution in [-0.4, -0.2) is 35.8 Å². The number of rotatable bonds is 5. The van der Waals surface area contributed by atoms with Gasteiger partial charge in [0.25, 0.3) is 5.91 Å². The summed E-state index contributed by atoms with van der Waals surface area (Å²) in [5, 5.41) is 7.38. The molecular formula is C21H24N2O2S. The van der Waals surface area contributed by atoms with Crippen molar-refractivity contribution >= 4 is 23.2 Å². The smallest absolute Gasteiger partial charge is 0.253 e. The van der Waals surface area contributed by atoms with Gasteiger partial charge in [-0.3, -0.25) is 9.59 Å². The number of benzene rings is 1. The van der Waals surface area contributed by atoms with E-state index >= 15 is 0 Å². The Morgan fingerprint density at radius 2 is 1.85 bits per heavy atom. The molecule has 0 unspecified atom stereocenters. The average molecular weight is 369 g/mol. The number of nitrogens with zero attached hydrogens (tertiary/aromatic N) is 1. The summed E-state index contributed by atoms with van der Waals surface area (Å²) in [6.45, 7) is 2.01. The number of aryl methyl sites for hydroxylation is 1. The lowest BCUT2D eigenvalue weighted by Crippen LogP contribution is -2.54. The van der Waals surface area contributed by atoms with Crippen molar-refractivity contribution in [3.05, 3.63) is 57.8 Å². The van der Waals surface area contributed by atoms with Gasteiger partial charge in [0.05, 0.1) is 0 Å². The van der Waals surface area contributed by atoms with Crippen molar-refractivity contribution in [2.24, 2.45) is 5.92 Å². The van der Waals surface area contributed by atoms with Crippen LogP contribution in [0.2, 0.25) is 0 Å². The van der Waals surface area contributed by atoms with Gasteiger partial charge in [0.1, 0.15) is 0 Å². The molecule has 1 heterocycles. The molecular weight excluding hydrogens is 344 g/mol. The Bertz CT molecular complexity index is 794. The molecule has 1 aromatic carbocycles. The summed E-state index contributed by atoms with van der Waals surface area (Å²) in [4.78, 5) is 26.8. The maximum Gasteiger partial charge on any atom is 0.253 e. The number of amides is 2. The Labute approximate surface area is 158 Å². The molecule has 2 saturated carbocycles. The Hall–Kier alpha value is -2.14. The van der Waals surface area contributed by atoms with Crippen LogP contribution in [0.3, 0.4) is 0 Å². The quantitative estimate of drug-likeness (QED) is 0.877. The maximum atomic E-state index is 12.6. The highest BCUT2D eigenvalue weighted by molar-refractivity contribution is 7.08. The van der Waals surface area contributed by atoms with E-state index in [0.29, 0.717) is 5.92 Å². The zero-order valence-electron chi connectivity index (χ0n) is 15.1. The molecule has 4 rings (SSSR count). The molecule has 1 aromatic heterocycles. The molecule has 2 atom stereocenters. The van der Waals surface area contributed by atoms with Crippen LogP contribution in [0.15, 0.2) is 41.1 Å². The van der Waals surface area contributed by atoms with Gasteiger partial charge in [-0.05, 0) is 66.6 Å². The van der Waals surface area contributed by atoms with E-state index in [4.69, 9.17) is 0 Å². The van der Waals surface area contributed by atoms with Crippen LogP contribution >= 0.6 is 11.3 Å². The fraction of sp³-hybridized carbons (Fsp3) is 0.429. The first kappa shape index (κ1) is 17.3. The van der Waals surface area contributed by atoms with Gasteiger partial charge in [-0.15, -0.1) is 0 Å². The SMILES string of the molecule is Cc1ccc(C(=O)N(C)C2CC(NC(=O)[C@@H]3C[C@H]3c3ccsc3)C2)cc1. The number of carbonyl (C=O) groups excluding carboxylic acids is 2. The van der Waals surface area contributed by atoms with Crippen molar-refractivity contribution in [3.63, 3.8) is 0 Å². The van der Waals surface area contributed by atoms with E-state index in [-0.39, 0.29) is 29.8 Å². The van der Waals surface area contributed by atoms with Gasteiger partial charge < -0.3 is 10.2 Å². The van der Waals surface area contributed by atoms with E-state index in [1.165, 1.54) is 5.56 Å². The molecule has 0 bridgehead atoms. The van der Waals surface area contributed by atoms with Gasteiger partial charge in [-0.2, -0.15) is 11.3 Å². The standard InChI is InChI=1S/C21H24N2O2S/c1-13-3-5-14(6-4-13)21(25)23(2)17-9-16(10-17)22-20(24)19-11-18(19)15-7-8-26-12-15/h3-8,12,16-19H,9-11H2,1-2H3,(H,22,24)/t16?,17?,18-,19+/m0/s1. The lowest BCUT2D eigenvalue weighted by molar-refractivity contribution is -0.124. The molecule has 0 saturated heterocycles. The molecule has 2 aromatic rings. The molecule has 2 aliphatic rings. The number of hydrogen-bond donors (Lipinski definition) is 1. The molecule has 2 amide bonds. The first-order chi connectivity index (χ1) is 12.5. The second kappa shape index (κ2) is 6.88. The van der Waals surface area contributed by atoms with E-state index in [9.17, 15) is 9.59 Å². The number of hydrogen-bond acceptors (Lipinski definition) is 3. The third kappa shape index (κ3) is 3.40. The summed E-state index contributed by atoms with van der Waals surface area (Å²) in [6, 6.07) is 10.2. The summed E-state index contributed by atoms with van der Waals surface area (Å²) >= 11 is 1.69. The highest BCUT2D eigenvalue weighted by Gasteiger charge is 2.45. The molecule has 2 fully saturated rings. The summed E-state index contributed by atoms with van der Waals surface area (Å²) in [5.74, 6) is 0.773. The molecule has 0 aliphatic heterocycles. The van der Waals surface area contributed by atoms with Gasteiger partial charge in [-0.25, -0.2) is 0 Å². The van der Waals surface area contributed by atoms with Gasteiger partial charge >= 0.3 is 0 Å². The summed E-state index contributed by atoms with van der Waals surface area (Å²) in [6.07, 6.45) is 2.65. The molecule has 2 aliphatic carbocycles. The number of nitrogens with one attached hydrogen (secondary N) is 1. The highest BCUT2D eigenvalue weighted by atomic mass is 32.1. The van der Waals surface area contributed by atoms with Crippen molar-refractivity contribution in [2.45, 2.75) is 44.2 Å². The van der Waals surface area contributed by atoms with E-state index in [1.54, 1.807) is 11.3 Å². The van der Waals surface area contributed by atoms with Crippen molar-refractivity contribution in [1.82, 2.24) is 10.2 Å². The molecule has 5 heteroatoms. The van der Waals surface area contributed by atoms with Gasteiger partial charge in [-0.1, -0.05) is 17.7 Å². The lowest BCUT2D eigenvalue weighted by atomic mass is 9.85. The molecule has 4 nitrogen and oxygen atoms in total. The fourth-order valence-corrected chi connectivity index (χ4v) is 4.46. The largest absolute Gasteiger partial charge is 0.353 e. The van der Waals surface area contributed by atoms with E-state index < -0.39 is 0 Å². The minimum atomic E-state index is 0.0551. The topological polar surface area (TPSA) is 49.4 Å². The Morgan fingerprint density at radius 3 is 2.50 bits per heavy atom. The van der Waals surface area contributed by atoms with E-state index in [0.717, 1.165) is 30.4 Å². The summed E-state index contributed by atoms with van der Waals surface area (Å²) in [5.41, 5.74) is 3.17. The van der Waals surface area contributed by atoms with Gasteiger partial charge in [0, 0.05) is 30.6 Å². The van der Waals surface area contributed by atoms with Gasteiger partial charge in [0.15, 0.2) is 0 Å². The molecule has 0 spiro atoms. The second-order valence-electron chi connectivity index (χ2n) is 7.62. The van der Waals surface area contributed by atoms with Crippen molar-refractivity contribution in [1.29, 1.82) is 0 Å². The number of carbonyl (C=O) groups is 2. The first-order valence-corrected chi connectivity index (χ1v) is 10.1. The molecule has 26 heavy (non-hydrogen) atoms. The van der Waals surface area contributed by atoms with Crippen molar-refractivity contribution in [3.8, 4) is 0 Å².